The number of aromatic nitrogens is 5. The van der Waals surface area contributed by atoms with E-state index in [0.29, 0.717) is 24.8 Å². The van der Waals surface area contributed by atoms with Gasteiger partial charge in [-0.1, -0.05) is 0 Å². The summed E-state index contributed by atoms with van der Waals surface area (Å²) >= 11 is 0. The summed E-state index contributed by atoms with van der Waals surface area (Å²) in [7, 11) is 0. The van der Waals surface area contributed by atoms with Crippen molar-refractivity contribution < 1.29 is 9.18 Å². The second kappa shape index (κ2) is 6.24. The first-order valence-corrected chi connectivity index (χ1v) is 8.82. The van der Waals surface area contributed by atoms with Gasteiger partial charge in [0.15, 0.2) is 5.82 Å². The van der Waals surface area contributed by atoms with E-state index in [1.807, 2.05) is 19.9 Å². The lowest BCUT2D eigenvalue weighted by molar-refractivity contribution is -0.131. The summed E-state index contributed by atoms with van der Waals surface area (Å²) in [5.41, 5.74) is 1.84. The van der Waals surface area contributed by atoms with Gasteiger partial charge in [-0.3, -0.25) is 19.0 Å². The number of alkyl halides is 1. The van der Waals surface area contributed by atoms with Crippen molar-refractivity contribution in [1.82, 2.24) is 29.9 Å². The lowest BCUT2D eigenvalue weighted by atomic mass is 9.97. The number of aromatic amines is 1. The molecule has 2 aromatic heterocycles. The summed E-state index contributed by atoms with van der Waals surface area (Å²) in [6.07, 6.45) is 2.25. The molecule has 2 atom stereocenters. The normalized spacial score (nSPS) is 23.4. The zero-order chi connectivity index (χ0) is 17.6. The molecule has 2 fully saturated rings. The van der Waals surface area contributed by atoms with Crippen LogP contribution >= 0.6 is 0 Å². The minimum atomic E-state index is -0.464. The first kappa shape index (κ1) is 16.2. The molecule has 0 bridgehead atoms. The molecular weight excluding hydrogens is 323 g/mol. The van der Waals surface area contributed by atoms with Gasteiger partial charge in [0.25, 0.3) is 0 Å². The second-order valence-electron chi connectivity index (χ2n) is 7.26. The van der Waals surface area contributed by atoms with Crippen molar-refractivity contribution in [2.75, 3.05) is 19.8 Å². The van der Waals surface area contributed by atoms with Crippen LogP contribution in [0.15, 0.2) is 6.07 Å². The van der Waals surface area contributed by atoms with Crippen molar-refractivity contribution >= 4 is 5.91 Å². The lowest BCUT2D eigenvalue weighted by Gasteiger charge is -2.16. The number of nitrogens with zero attached hydrogens (tertiary/aromatic N) is 5. The number of hydrogen-bond donors (Lipinski definition) is 1. The fourth-order valence-corrected chi connectivity index (χ4v) is 3.58. The van der Waals surface area contributed by atoms with E-state index in [1.165, 1.54) is 0 Å². The molecule has 1 amide bonds. The van der Waals surface area contributed by atoms with Crippen molar-refractivity contribution in [2.24, 2.45) is 5.92 Å². The summed E-state index contributed by atoms with van der Waals surface area (Å²) < 4.78 is 15.2. The number of H-pyrrole nitrogens is 1. The average molecular weight is 346 g/mol. The predicted molar refractivity (Wildman–Crippen MR) is 88.8 cm³/mol. The minimum Gasteiger partial charge on any atom is -0.340 e. The molecule has 7 nitrogen and oxygen atoms in total. The number of aryl methyl sites for hydroxylation is 2. The number of carbonyl (C=O) groups is 1. The molecule has 25 heavy (non-hydrogen) atoms. The number of carbonyl (C=O) groups excluding carboxylic acids is 1. The third kappa shape index (κ3) is 3.17. The van der Waals surface area contributed by atoms with Crippen molar-refractivity contribution in [3.05, 3.63) is 29.1 Å². The molecule has 2 aliphatic rings. The topological polar surface area (TPSA) is 79.7 Å². The Bertz CT molecular complexity index is 780. The smallest absolute Gasteiger partial charge is 0.244 e. The summed E-state index contributed by atoms with van der Waals surface area (Å²) in [5.74, 6) is 1.62. The molecule has 4 rings (SSSR count). The maximum Gasteiger partial charge on any atom is 0.244 e. The van der Waals surface area contributed by atoms with Crippen LogP contribution in [0.3, 0.4) is 0 Å². The molecule has 1 aliphatic heterocycles. The predicted octanol–water partition coefficient (Wildman–Crippen LogP) is 1.71. The lowest BCUT2D eigenvalue weighted by Crippen LogP contribution is -2.32. The van der Waals surface area contributed by atoms with Crippen molar-refractivity contribution in [1.29, 1.82) is 0 Å². The Labute approximate surface area is 145 Å². The van der Waals surface area contributed by atoms with Gasteiger partial charge in [-0.2, -0.15) is 10.2 Å². The van der Waals surface area contributed by atoms with Gasteiger partial charge in [0.1, 0.15) is 12.4 Å². The number of rotatable bonds is 5. The van der Waals surface area contributed by atoms with E-state index in [2.05, 4.69) is 20.3 Å². The molecule has 3 heterocycles. The van der Waals surface area contributed by atoms with E-state index in [-0.39, 0.29) is 24.3 Å². The Hall–Kier alpha value is -2.25. The van der Waals surface area contributed by atoms with Crippen molar-refractivity contribution in [2.45, 2.75) is 45.1 Å². The Morgan fingerprint density at radius 1 is 1.36 bits per heavy atom. The van der Waals surface area contributed by atoms with Crippen LogP contribution in [0.25, 0.3) is 0 Å². The number of likely N-dealkylation sites (tertiary alicyclic amines) is 1. The zero-order valence-electron chi connectivity index (χ0n) is 14.6. The van der Waals surface area contributed by atoms with E-state index < -0.39 is 6.67 Å². The van der Waals surface area contributed by atoms with Gasteiger partial charge in [-0.05, 0) is 32.8 Å². The minimum absolute atomic E-state index is 0.0333. The molecular formula is C17H23FN6O. The molecule has 2 aromatic rings. The van der Waals surface area contributed by atoms with Crippen LogP contribution < -0.4 is 0 Å². The van der Waals surface area contributed by atoms with Gasteiger partial charge in [0, 0.05) is 36.5 Å². The SMILES string of the molecule is Cc1cc(C)n(CC(=O)N2C[C@@H](CF)[C@H](c3nc(C4CC4)n[nH]3)C2)n1. The molecule has 1 saturated heterocycles. The highest BCUT2D eigenvalue weighted by Gasteiger charge is 2.39. The summed E-state index contributed by atoms with van der Waals surface area (Å²) in [6, 6.07) is 1.94. The quantitative estimate of drug-likeness (QED) is 0.894. The molecule has 8 heteroatoms. The summed E-state index contributed by atoms with van der Waals surface area (Å²) in [4.78, 5) is 18.9. The van der Waals surface area contributed by atoms with E-state index in [0.717, 1.165) is 30.1 Å². The van der Waals surface area contributed by atoms with E-state index in [4.69, 9.17) is 0 Å². The number of halogens is 1. The summed E-state index contributed by atoms with van der Waals surface area (Å²) in [6.45, 7) is 4.45. The highest BCUT2D eigenvalue weighted by molar-refractivity contribution is 5.76. The van der Waals surface area contributed by atoms with Gasteiger partial charge in [0.05, 0.1) is 12.4 Å². The number of amides is 1. The highest BCUT2D eigenvalue weighted by atomic mass is 19.1. The maximum absolute atomic E-state index is 13.5. The first-order valence-electron chi connectivity index (χ1n) is 8.82. The van der Waals surface area contributed by atoms with Crippen LogP contribution in [-0.4, -0.2) is 55.5 Å². The molecule has 1 aliphatic carbocycles. The Morgan fingerprint density at radius 3 is 2.80 bits per heavy atom. The first-order chi connectivity index (χ1) is 12.0. The van der Waals surface area contributed by atoms with Crippen LogP contribution in [0, 0.1) is 19.8 Å². The third-order valence-corrected chi connectivity index (χ3v) is 5.19. The van der Waals surface area contributed by atoms with Gasteiger partial charge in [-0.25, -0.2) is 4.98 Å². The maximum atomic E-state index is 13.5. The Kier molecular flexibility index (Phi) is 4.05. The highest BCUT2D eigenvalue weighted by Crippen LogP contribution is 2.39. The van der Waals surface area contributed by atoms with Gasteiger partial charge in [0.2, 0.25) is 5.91 Å². The van der Waals surface area contributed by atoms with Crippen LogP contribution in [0.1, 0.15) is 47.7 Å². The fourth-order valence-electron chi connectivity index (χ4n) is 3.58. The molecule has 1 saturated carbocycles. The van der Waals surface area contributed by atoms with Crippen LogP contribution in [-0.2, 0) is 11.3 Å². The van der Waals surface area contributed by atoms with Crippen LogP contribution in [0.4, 0.5) is 4.39 Å². The molecule has 0 aromatic carbocycles. The molecule has 0 radical (unpaired) electrons. The van der Waals surface area contributed by atoms with E-state index >= 15 is 0 Å². The van der Waals surface area contributed by atoms with Crippen molar-refractivity contribution in [3.8, 4) is 0 Å². The van der Waals surface area contributed by atoms with E-state index in [1.54, 1.807) is 9.58 Å². The van der Waals surface area contributed by atoms with Crippen molar-refractivity contribution in [3.63, 3.8) is 0 Å². The number of nitrogens with one attached hydrogen (secondary N) is 1. The Morgan fingerprint density at radius 2 is 2.16 bits per heavy atom. The monoisotopic (exact) mass is 346 g/mol. The summed E-state index contributed by atoms with van der Waals surface area (Å²) in [5, 5.41) is 11.6. The van der Waals surface area contributed by atoms with Gasteiger partial charge < -0.3 is 4.90 Å². The standard InChI is InChI=1S/C17H23FN6O/c1-10-5-11(2)24(22-10)9-15(25)23-7-13(6-18)14(8-23)17-19-16(20-21-17)12-3-4-12/h5,12-14H,3-4,6-9H2,1-2H3,(H,19,20,21)/t13-,14-/m1/s1. The van der Waals surface area contributed by atoms with Crippen LogP contribution in [0.5, 0.6) is 0 Å². The third-order valence-electron chi connectivity index (χ3n) is 5.19. The Balaban J connectivity index is 1.46. The molecule has 134 valence electrons. The molecule has 0 unspecified atom stereocenters. The molecule has 0 spiro atoms. The van der Waals surface area contributed by atoms with E-state index in [9.17, 15) is 9.18 Å². The fraction of sp³-hybridized carbons (Fsp3) is 0.647. The second-order valence-corrected chi connectivity index (χ2v) is 7.26. The largest absolute Gasteiger partial charge is 0.340 e. The molecule has 1 N–H and O–H groups in total. The average Bonchev–Trinajstić information content (AvgIpc) is 3.03. The number of hydrogen-bond acceptors (Lipinski definition) is 4. The van der Waals surface area contributed by atoms with Gasteiger partial charge >= 0.3 is 0 Å². The zero-order valence-corrected chi connectivity index (χ0v) is 14.6. The van der Waals surface area contributed by atoms with Crippen LogP contribution in [0.2, 0.25) is 0 Å². The van der Waals surface area contributed by atoms with Gasteiger partial charge in [-0.15, -0.1) is 0 Å².